The third-order valence-corrected chi connectivity index (χ3v) is 8.17. The number of anilines is 1. The summed E-state index contributed by atoms with van der Waals surface area (Å²) in [5.74, 6) is -4.26. The van der Waals surface area contributed by atoms with Crippen LogP contribution in [0.4, 0.5) is 5.69 Å². The summed E-state index contributed by atoms with van der Waals surface area (Å²) in [5.41, 5.74) is 2.71. The van der Waals surface area contributed by atoms with E-state index in [1.165, 1.54) is 12.1 Å². The highest BCUT2D eigenvalue weighted by Crippen LogP contribution is 2.59. The summed E-state index contributed by atoms with van der Waals surface area (Å²) in [6.45, 7) is 5.56. The van der Waals surface area contributed by atoms with Crippen LogP contribution in [0, 0.1) is 37.5 Å². The van der Waals surface area contributed by atoms with Crippen molar-refractivity contribution in [1.29, 1.82) is 0 Å². The Morgan fingerprint density at radius 1 is 1.09 bits per heavy atom. The first kappa shape index (κ1) is 24.0. The van der Waals surface area contributed by atoms with Crippen molar-refractivity contribution in [2.45, 2.75) is 51.9 Å². The number of rotatable bonds is 4. The molecular formula is C26H30BNO7. The van der Waals surface area contributed by atoms with Crippen LogP contribution in [0.2, 0.25) is 0 Å². The van der Waals surface area contributed by atoms with Crippen molar-refractivity contribution in [3.8, 4) is 5.75 Å². The zero-order valence-electron chi connectivity index (χ0n) is 20.0. The molecule has 9 heteroatoms. The first-order valence-electron chi connectivity index (χ1n) is 12.1. The van der Waals surface area contributed by atoms with E-state index in [0.29, 0.717) is 30.4 Å². The van der Waals surface area contributed by atoms with Crippen LogP contribution < -0.4 is 10.4 Å². The third kappa shape index (κ3) is 3.60. The molecule has 1 aliphatic carbocycles. The highest BCUT2D eigenvalue weighted by molar-refractivity contribution is 6.58. The zero-order valence-corrected chi connectivity index (χ0v) is 20.0. The van der Waals surface area contributed by atoms with Gasteiger partial charge in [-0.05, 0) is 79.5 Å². The third-order valence-electron chi connectivity index (χ3n) is 8.17. The minimum absolute atomic E-state index is 0.184. The second-order valence-electron chi connectivity index (χ2n) is 10.2. The smallest absolute Gasteiger partial charge is 0.488 e. The van der Waals surface area contributed by atoms with Crippen molar-refractivity contribution in [2.24, 2.45) is 23.7 Å². The number of hydrogen-bond acceptors (Lipinski definition) is 7. The molecule has 0 spiro atoms. The van der Waals surface area contributed by atoms with E-state index in [1.807, 2.05) is 32.9 Å². The van der Waals surface area contributed by atoms with Gasteiger partial charge in [0, 0.05) is 11.8 Å². The quantitative estimate of drug-likeness (QED) is 0.388. The number of phenols is 1. The Morgan fingerprint density at radius 2 is 1.77 bits per heavy atom. The highest BCUT2D eigenvalue weighted by Gasteiger charge is 2.66. The highest BCUT2D eigenvalue weighted by atomic mass is 16.6. The Balaban J connectivity index is 1.52. The normalized spacial score (nSPS) is 32.1. The molecule has 1 saturated carbocycles. The van der Waals surface area contributed by atoms with E-state index in [0.717, 1.165) is 10.5 Å². The van der Waals surface area contributed by atoms with E-state index < -0.39 is 42.7 Å². The number of phenolic OH excluding ortho intramolecular Hbond substituents is 1. The average molecular weight is 479 g/mol. The minimum Gasteiger partial charge on any atom is -0.507 e. The predicted molar refractivity (Wildman–Crippen MR) is 129 cm³/mol. The predicted octanol–water partition coefficient (Wildman–Crippen LogP) is 1.69. The number of imide groups is 1. The fraction of sp³-hybridized carbons (Fsp3) is 0.462. The van der Waals surface area contributed by atoms with Crippen molar-refractivity contribution >= 4 is 30.1 Å². The molecule has 8 nitrogen and oxygen atoms in total. The van der Waals surface area contributed by atoms with Crippen molar-refractivity contribution in [1.82, 2.24) is 0 Å². The van der Waals surface area contributed by atoms with Gasteiger partial charge in [-0.3, -0.25) is 14.5 Å². The van der Waals surface area contributed by atoms with Gasteiger partial charge in [0.1, 0.15) is 5.75 Å². The number of aryl methyl sites for hydroxylation is 2. The first-order chi connectivity index (χ1) is 16.6. The lowest BCUT2D eigenvalue weighted by Crippen LogP contribution is -2.53. The molecule has 2 saturated heterocycles. The van der Waals surface area contributed by atoms with Gasteiger partial charge in [-0.25, -0.2) is 0 Å². The number of nitrogens with zero attached hydrogens (tertiary/aromatic N) is 1. The summed E-state index contributed by atoms with van der Waals surface area (Å²) < 4.78 is 6.30. The molecule has 2 aromatic rings. The lowest BCUT2D eigenvalue weighted by molar-refractivity contribution is -0.269. The molecule has 3 aliphatic rings. The van der Waals surface area contributed by atoms with Gasteiger partial charge in [0.15, 0.2) is 5.79 Å². The number of ether oxygens (including phenoxy) is 1. The standard InChI is InChI=1S/C26H30BNO7/c1-4-16-10-19-22(25(31)28(24(19)30)18-7-5-6-17(11-18)27(33)34)20-12-21(35-26(16,20)32)15-8-13(2)23(29)14(3)9-15/h5-9,11,16,19-22,29,32-34H,4,10,12H2,1-3H3/t16-,19-,20-,21-,22-,26+/m0/s1. The van der Waals surface area contributed by atoms with E-state index in [1.54, 1.807) is 12.1 Å². The largest absolute Gasteiger partial charge is 0.507 e. The zero-order chi connectivity index (χ0) is 25.2. The summed E-state index contributed by atoms with van der Waals surface area (Å²) in [6.07, 6.45) is 0.822. The van der Waals surface area contributed by atoms with Crippen LogP contribution in [0.1, 0.15) is 49.0 Å². The second-order valence-corrected chi connectivity index (χ2v) is 10.2. The average Bonchev–Trinajstić information content (AvgIpc) is 3.30. The van der Waals surface area contributed by atoms with Crippen LogP contribution in [0.5, 0.6) is 5.75 Å². The number of hydrogen-bond donors (Lipinski definition) is 4. The van der Waals surface area contributed by atoms with Crippen LogP contribution in [0.25, 0.3) is 0 Å². The molecule has 2 amide bonds. The van der Waals surface area contributed by atoms with Crippen molar-refractivity contribution < 1.29 is 34.6 Å². The van der Waals surface area contributed by atoms with Gasteiger partial charge in [0.25, 0.3) is 0 Å². The lowest BCUT2D eigenvalue weighted by Gasteiger charge is -2.44. The van der Waals surface area contributed by atoms with Crippen LogP contribution in [0.15, 0.2) is 36.4 Å². The number of benzene rings is 2. The van der Waals surface area contributed by atoms with Gasteiger partial charge in [-0.15, -0.1) is 0 Å². The number of carbonyl (C=O) groups excluding carboxylic acids is 2. The van der Waals surface area contributed by atoms with Gasteiger partial charge >= 0.3 is 7.12 Å². The molecule has 35 heavy (non-hydrogen) atoms. The molecule has 0 bridgehead atoms. The molecule has 2 aromatic carbocycles. The summed E-state index contributed by atoms with van der Waals surface area (Å²) in [4.78, 5) is 28.3. The fourth-order valence-corrected chi connectivity index (χ4v) is 6.41. The molecule has 0 unspecified atom stereocenters. The molecule has 6 atom stereocenters. The van der Waals surface area contributed by atoms with Crippen molar-refractivity contribution in [3.05, 3.63) is 53.1 Å². The van der Waals surface area contributed by atoms with Crippen molar-refractivity contribution in [3.63, 3.8) is 0 Å². The maximum Gasteiger partial charge on any atom is 0.488 e. The van der Waals surface area contributed by atoms with Gasteiger partial charge < -0.3 is 25.0 Å². The summed E-state index contributed by atoms with van der Waals surface area (Å²) in [5, 5.41) is 41.1. The topological polar surface area (TPSA) is 128 Å². The lowest BCUT2D eigenvalue weighted by atomic mass is 9.64. The molecular weight excluding hydrogens is 449 g/mol. The van der Waals surface area contributed by atoms with E-state index >= 15 is 0 Å². The van der Waals surface area contributed by atoms with Gasteiger partial charge in [0.05, 0.1) is 23.6 Å². The minimum atomic E-state index is -1.72. The second kappa shape index (κ2) is 8.45. The summed E-state index contributed by atoms with van der Waals surface area (Å²) in [6, 6.07) is 9.78. The van der Waals surface area contributed by atoms with Crippen molar-refractivity contribution in [2.75, 3.05) is 4.90 Å². The summed E-state index contributed by atoms with van der Waals surface area (Å²) >= 11 is 0. The van der Waals surface area contributed by atoms with E-state index in [9.17, 15) is 29.9 Å². The first-order valence-corrected chi connectivity index (χ1v) is 12.1. The van der Waals surface area contributed by atoms with E-state index in [2.05, 4.69) is 0 Å². The Kier molecular flexibility index (Phi) is 5.79. The Morgan fingerprint density at radius 3 is 2.40 bits per heavy atom. The Bertz CT molecular complexity index is 1180. The number of carbonyl (C=O) groups is 2. The number of aromatic hydroxyl groups is 1. The maximum absolute atomic E-state index is 13.7. The summed E-state index contributed by atoms with van der Waals surface area (Å²) in [7, 11) is -1.72. The molecule has 0 aromatic heterocycles. The molecule has 3 fully saturated rings. The fourth-order valence-electron chi connectivity index (χ4n) is 6.41. The number of fused-ring (bicyclic) bond motifs is 3. The van der Waals surface area contributed by atoms with Gasteiger partial charge in [-0.2, -0.15) is 0 Å². The van der Waals surface area contributed by atoms with Crippen LogP contribution in [0.3, 0.4) is 0 Å². The number of amides is 2. The molecule has 2 heterocycles. The van der Waals surface area contributed by atoms with E-state index in [-0.39, 0.29) is 28.7 Å². The van der Waals surface area contributed by atoms with Crippen LogP contribution in [-0.2, 0) is 14.3 Å². The van der Waals surface area contributed by atoms with Crippen LogP contribution in [-0.4, -0.2) is 45.0 Å². The van der Waals surface area contributed by atoms with E-state index in [4.69, 9.17) is 4.74 Å². The molecule has 5 rings (SSSR count). The molecule has 0 radical (unpaired) electrons. The Hall–Kier alpha value is -2.72. The SMILES string of the molecule is CC[C@H]1C[C@@H]2C(=O)N(c3cccc(B(O)O)c3)C(=O)[C@@H]2[C@@H]2C[C@@H](c3cc(C)c(O)c(C)c3)O[C@]12O. The molecule has 2 aliphatic heterocycles. The van der Waals surface area contributed by atoms with Gasteiger partial charge in [0.2, 0.25) is 11.8 Å². The number of aliphatic hydroxyl groups is 1. The molecule has 184 valence electrons. The monoisotopic (exact) mass is 479 g/mol. The maximum atomic E-state index is 13.7. The van der Waals surface area contributed by atoms with Crippen LogP contribution >= 0.6 is 0 Å². The molecule has 4 N–H and O–H groups in total. The van der Waals surface area contributed by atoms with Gasteiger partial charge in [-0.1, -0.05) is 19.1 Å². The Labute approximate surface area is 204 Å².